The molecular formula is C34H35FN2O5. The van der Waals surface area contributed by atoms with Crippen molar-refractivity contribution in [1.29, 1.82) is 0 Å². The largest absolute Gasteiger partial charge is 0.497 e. The summed E-state index contributed by atoms with van der Waals surface area (Å²) in [4.78, 5) is 26.1. The number of amides is 1. The number of hydrogen-bond donors (Lipinski definition) is 1. The molecule has 3 aromatic carbocycles. The lowest BCUT2D eigenvalue weighted by Gasteiger charge is -2.23. The molecule has 1 fully saturated rings. The van der Waals surface area contributed by atoms with Crippen molar-refractivity contribution in [2.24, 2.45) is 0 Å². The van der Waals surface area contributed by atoms with Crippen molar-refractivity contribution in [3.8, 4) is 22.8 Å². The zero-order valence-corrected chi connectivity index (χ0v) is 24.0. The number of hydrogen-bond acceptors (Lipinski definition) is 5. The first-order valence-corrected chi connectivity index (χ1v) is 14.6. The van der Waals surface area contributed by atoms with Crippen LogP contribution in [0.3, 0.4) is 0 Å². The molecule has 0 bridgehead atoms. The van der Waals surface area contributed by atoms with Crippen molar-refractivity contribution in [1.82, 2.24) is 9.88 Å². The lowest BCUT2D eigenvalue weighted by molar-refractivity contribution is -0.142. The summed E-state index contributed by atoms with van der Waals surface area (Å²) in [5.74, 6) is 0.666. The van der Waals surface area contributed by atoms with Gasteiger partial charge in [-0.3, -0.25) is 4.79 Å². The van der Waals surface area contributed by atoms with E-state index < -0.39 is 12.0 Å². The number of nitrogens with zero attached hydrogens (tertiary/aromatic N) is 1. The smallest absolute Gasteiger partial charge is 0.328 e. The van der Waals surface area contributed by atoms with Gasteiger partial charge in [0.1, 0.15) is 30.0 Å². The van der Waals surface area contributed by atoms with E-state index >= 15 is 0 Å². The summed E-state index contributed by atoms with van der Waals surface area (Å²) in [6.45, 7) is 1.12. The van der Waals surface area contributed by atoms with Gasteiger partial charge < -0.3 is 24.1 Å². The zero-order valence-electron chi connectivity index (χ0n) is 24.0. The molecule has 8 heteroatoms. The van der Waals surface area contributed by atoms with Gasteiger partial charge in [0.15, 0.2) is 0 Å². The molecule has 1 amide bonds. The topological polar surface area (TPSA) is 78.8 Å². The van der Waals surface area contributed by atoms with Crippen LogP contribution < -0.4 is 14.8 Å². The molecule has 6 rings (SSSR count). The van der Waals surface area contributed by atoms with Crippen molar-refractivity contribution < 1.29 is 28.2 Å². The maximum absolute atomic E-state index is 13.6. The summed E-state index contributed by atoms with van der Waals surface area (Å²) < 4.78 is 32.3. The van der Waals surface area contributed by atoms with Crippen LogP contribution in [0.1, 0.15) is 59.5 Å². The summed E-state index contributed by atoms with van der Waals surface area (Å²) in [7, 11) is 2.94. The van der Waals surface area contributed by atoms with Gasteiger partial charge in [0, 0.05) is 34.5 Å². The van der Waals surface area contributed by atoms with Gasteiger partial charge in [-0.1, -0.05) is 37.5 Å². The second-order valence-electron chi connectivity index (χ2n) is 11.1. The number of ether oxygens (including phenoxy) is 3. The standard InChI is InChI=1S/C34H35FN2O5/c1-40-25-13-15-27-30(20-25)42-17-16-37-29-19-23(10-14-26(29)31(32(27)37)22-6-4-3-5-7-22)33(38)36-28(34(39)41-2)18-21-8-11-24(35)12-9-21/h8-15,19-20,22,28H,3-7,16-18H2,1-2H3,(H,36,38)/t28-/m0/s1. The van der Waals surface area contributed by atoms with Crippen LogP contribution in [0.25, 0.3) is 22.2 Å². The third-order valence-corrected chi connectivity index (χ3v) is 8.54. The second kappa shape index (κ2) is 11.9. The Kier molecular flexibility index (Phi) is 7.87. The van der Waals surface area contributed by atoms with Gasteiger partial charge >= 0.3 is 5.97 Å². The fourth-order valence-corrected chi connectivity index (χ4v) is 6.47. The van der Waals surface area contributed by atoms with Crippen LogP contribution in [0.15, 0.2) is 60.7 Å². The van der Waals surface area contributed by atoms with Crippen LogP contribution in [0.4, 0.5) is 4.39 Å². The predicted molar refractivity (Wildman–Crippen MR) is 159 cm³/mol. The number of nitrogens with one attached hydrogen (secondary N) is 1. The van der Waals surface area contributed by atoms with E-state index in [9.17, 15) is 14.0 Å². The maximum Gasteiger partial charge on any atom is 0.328 e. The van der Waals surface area contributed by atoms with Gasteiger partial charge in [-0.2, -0.15) is 0 Å². The molecule has 0 radical (unpaired) electrons. The molecule has 0 saturated heterocycles. The quantitative estimate of drug-likeness (QED) is 0.260. The Balaban J connectivity index is 1.40. The van der Waals surface area contributed by atoms with Crippen molar-refractivity contribution >= 4 is 22.8 Å². The number of fused-ring (bicyclic) bond motifs is 5. The molecule has 1 aliphatic carbocycles. The van der Waals surface area contributed by atoms with Crippen LogP contribution in [-0.4, -0.2) is 43.3 Å². The molecule has 0 spiro atoms. The number of rotatable bonds is 7. The first kappa shape index (κ1) is 27.8. The van der Waals surface area contributed by atoms with Crippen molar-refractivity contribution in [2.45, 2.75) is 57.0 Å². The average molecular weight is 571 g/mol. The van der Waals surface area contributed by atoms with E-state index in [-0.39, 0.29) is 18.1 Å². The van der Waals surface area contributed by atoms with Gasteiger partial charge in [-0.15, -0.1) is 0 Å². The van der Waals surface area contributed by atoms with Crippen molar-refractivity contribution in [3.05, 3.63) is 83.2 Å². The van der Waals surface area contributed by atoms with Crippen LogP contribution in [0.2, 0.25) is 0 Å². The monoisotopic (exact) mass is 570 g/mol. The van der Waals surface area contributed by atoms with Crippen molar-refractivity contribution in [3.63, 3.8) is 0 Å². The first-order valence-electron chi connectivity index (χ1n) is 14.6. The lowest BCUT2D eigenvalue weighted by Crippen LogP contribution is -2.43. The summed E-state index contributed by atoms with van der Waals surface area (Å²) >= 11 is 0. The molecule has 0 unspecified atom stereocenters. The first-order chi connectivity index (χ1) is 20.5. The fraction of sp³-hybridized carbons (Fsp3) is 0.353. The Hall–Kier alpha value is -4.33. The number of benzene rings is 3. The van der Waals surface area contributed by atoms with Gasteiger partial charge in [-0.25, -0.2) is 9.18 Å². The minimum absolute atomic E-state index is 0.185. The van der Waals surface area contributed by atoms with E-state index in [0.29, 0.717) is 30.2 Å². The third kappa shape index (κ3) is 5.33. The Morgan fingerprint density at radius 2 is 1.81 bits per heavy atom. The van der Waals surface area contributed by atoms with E-state index in [1.54, 1.807) is 19.2 Å². The average Bonchev–Trinajstić information content (AvgIpc) is 3.22. The molecular weight excluding hydrogens is 535 g/mol. The van der Waals surface area contributed by atoms with Crippen LogP contribution in [0, 0.1) is 5.82 Å². The molecule has 4 aromatic rings. The second-order valence-corrected chi connectivity index (χ2v) is 11.1. The molecule has 42 heavy (non-hydrogen) atoms. The molecule has 2 aliphatic rings. The van der Waals surface area contributed by atoms with Gasteiger partial charge in [-0.05, 0) is 66.3 Å². The van der Waals surface area contributed by atoms with E-state index in [1.807, 2.05) is 30.3 Å². The Morgan fingerprint density at radius 1 is 1.02 bits per heavy atom. The summed E-state index contributed by atoms with van der Waals surface area (Å²) in [5.41, 5.74) is 5.63. The SMILES string of the molecule is COC(=O)[C@H](Cc1ccc(F)cc1)NC(=O)c1ccc2c(C3CCCCC3)c3n(c2c1)CCOc1cc(OC)ccc1-3. The van der Waals surface area contributed by atoms with Gasteiger partial charge in [0.2, 0.25) is 0 Å². The minimum atomic E-state index is -0.916. The van der Waals surface area contributed by atoms with E-state index in [4.69, 9.17) is 14.2 Å². The molecule has 1 N–H and O–H groups in total. The molecule has 1 aromatic heterocycles. The van der Waals surface area contributed by atoms with Crippen LogP contribution in [-0.2, 0) is 22.5 Å². The van der Waals surface area contributed by atoms with Crippen molar-refractivity contribution in [2.75, 3.05) is 20.8 Å². The third-order valence-electron chi connectivity index (χ3n) is 8.54. The highest BCUT2D eigenvalue weighted by atomic mass is 19.1. The van der Waals surface area contributed by atoms with E-state index in [1.165, 1.54) is 44.1 Å². The highest BCUT2D eigenvalue weighted by Crippen LogP contribution is 2.47. The lowest BCUT2D eigenvalue weighted by atomic mass is 9.81. The van der Waals surface area contributed by atoms with Crippen LogP contribution >= 0.6 is 0 Å². The molecule has 1 aliphatic heterocycles. The zero-order chi connectivity index (χ0) is 29.2. The molecule has 1 atom stereocenters. The number of aromatic nitrogens is 1. The number of methoxy groups -OCH3 is 2. The molecule has 2 heterocycles. The van der Waals surface area contributed by atoms with Gasteiger partial charge in [0.05, 0.1) is 26.5 Å². The Morgan fingerprint density at radius 3 is 2.55 bits per heavy atom. The summed E-state index contributed by atoms with van der Waals surface area (Å²) in [6.07, 6.45) is 6.10. The highest BCUT2D eigenvalue weighted by molar-refractivity contribution is 6.02. The number of carbonyl (C=O) groups excluding carboxylic acids is 2. The normalized spacial score (nSPS) is 15.6. The van der Waals surface area contributed by atoms with Crippen LogP contribution in [0.5, 0.6) is 11.5 Å². The predicted octanol–water partition coefficient (Wildman–Crippen LogP) is 6.41. The number of halogens is 1. The van der Waals surface area contributed by atoms with E-state index in [2.05, 4.69) is 16.0 Å². The Bertz CT molecular complexity index is 1620. The molecule has 1 saturated carbocycles. The summed E-state index contributed by atoms with van der Waals surface area (Å²) in [5, 5.41) is 3.99. The Labute approximate surface area is 244 Å². The number of carbonyl (C=O) groups is 2. The fourth-order valence-electron chi connectivity index (χ4n) is 6.47. The van der Waals surface area contributed by atoms with Gasteiger partial charge in [0.25, 0.3) is 5.91 Å². The minimum Gasteiger partial charge on any atom is -0.497 e. The maximum atomic E-state index is 13.6. The molecule has 218 valence electrons. The summed E-state index contributed by atoms with van der Waals surface area (Å²) in [6, 6.07) is 16.7. The highest BCUT2D eigenvalue weighted by Gasteiger charge is 2.30. The van der Waals surface area contributed by atoms with E-state index in [0.717, 1.165) is 46.5 Å². The molecule has 7 nitrogen and oxygen atoms in total. The number of esters is 1.